The van der Waals surface area contributed by atoms with Crippen LogP contribution in [0.5, 0.6) is 0 Å². The number of likely N-dealkylation sites (tertiary alicyclic amines) is 2. The third-order valence-corrected chi connectivity index (χ3v) is 9.85. The topological polar surface area (TPSA) is 158 Å². The first-order valence-corrected chi connectivity index (χ1v) is 18.6. The van der Waals surface area contributed by atoms with Gasteiger partial charge in [0.25, 0.3) is 5.91 Å². The Kier molecular flexibility index (Phi) is 12.2. The molecule has 0 bridgehead atoms. The monoisotopic (exact) mass is 740 g/mol. The van der Waals surface area contributed by atoms with E-state index in [4.69, 9.17) is 15.2 Å². The second-order valence-electron chi connectivity index (χ2n) is 15.0. The number of ether oxygens (including phenoxy) is 2. The largest absolute Gasteiger partial charge is 0.444 e. The van der Waals surface area contributed by atoms with Crippen LogP contribution in [-0.4, -0.2) is 85.8 Å². The molecule has 14 heteroatoms. The molecule has 4 aromatic rings. The fourth-order valence-electron chi connectivity index (χ4n) is 6.90. The highest BCUT2D eigenvalue weighted by molar-refractivity contribution is 5.99. The van der Waals surface area contributed by atoms with Gasteiger partial charge in [-0.05, 0) is 96.0 Å². The van der Waals surface area contributed by atoms with E-state index in [-0.39, 0.29) is 23.6 Å². The number of piperidine rings is 2. The van der Waals surface area contributed by atoms with Gasteiger partial charge in [-0.1, -0.05) is 30.3 Å². The summed E-state index contributed by atoms with van der Waals surface area (Å²) < 4.78 is 26.6. The van der Waals surface area contributed by atoms with Crippen LogP contribution in [0.2, 0.25) is 0 Å². The van der Waals surface area contributed by atoms with Crippen molar-refractivity contribution in [2.24, 2.45) is 5.92 Å². The van der Waals surface area contributed by atoms with Crippen molar-refractivity contribution in [1.82, 2.24) is 29.5 Å². The number of anilines is 2. The van der Waals surface area contributed by atoms with Crippen molar-refractivity contribution < 1.29 is 28.2 Å². The summed E-state index contributed by atoms with van der Waals surface area (Å²) >= 11 is 0. The Balaban J connectivity index is 1.00. The second kappa shape index (κ2) is 17.2. The van der Waals surface area contributed by atoms with Gasteiger partial charge in [0.15, 0.2) is 11.5 Å². The van der Waals surface area contributed by atoms with Crippen LogP contribution in [0.4, 0.5) is 20.7 Å². The molecular weight excluding hydrogens is 691 g/mol. The van der Waals surface area contributed by atoms with Crippen molar-refractivity contribution in [2.45, 2.75) is 77.0 Å². The zero-order valence-corrected chi connectivity index (χ0v) is 31.1. The molecule has 2 aromatic carbocycles. The fraction of sp³-hybridized carbons (Fsp3) is 0.450. The summed E-state index contributed by atoms with van der Waals surface area (Å²) in [5.74, 6) is -1.50. The number of nitrogens with two attached hydrogens (primary N) is 1. The zero-order valence-electron chi connectivity index (χ0n) is 31.1. The lowest BCUT2D eigenvalue weighted by Crippen LogP contribution is -2.41. The molecule has 286 valence electrons. The van der Waals surface area contributed by atoms with Crippen LogP contribution in [0.3, 0.4) is 0 Å². The molecule has 0 aliphatic carbocycles. The Bertz CT molecular complexity index is 1880. The molecule has 2 fully saturated rings. The smallest absolute Gasteiger partial charge is 0.410 e. The van der Waals surface area contributed by atoms with E-state index < -0.39 is 29.4 Å². The first-order valence-electron chi connectivity index (χ1n) is 18.6. The minimum atomic E-state index is -1.34. The van der Waals surface area contributed by atoms with Gasteiger partial charge in [-0.25, -0.2) is 23.9 Å². The Morgan fingerprint density at radius 2 is 1.67 bits per heavy atom. The standard InChI is InChI=1S/C40H49FN8O5/c1-40(2,3)54-39(52)48-22-15-27(16-23-48)8-7-19-47-20-17-32(18-21-47)49-26-29(24-44-49)33-25-43-36(42)34(46-33)38(51)53-35(28-9-5-4-6-10-28)37(50)45-31-13-11-30(41)12-14-31/h4-6,9-14,24-27,32,35H,7-8,15-23H2,1-3H3,(H2,42,43)(H,45,50)/t35-/m1/s1. The zero-order chi connectivity index (χ0) is 38.2. The number of rotatable bonds is 11. The number of hydrogen-bond donors (Lipinski definition) is 2. The van der Waals surface area contributed by atoms with Crippen LogP contribution in [0.25, 0.3) is 11.3 Å². The number of amides is 2. The van der Waals surface area contributed by atoms with Crippen LogP contribution >= 0.6 is 0 Å². The van der Waals surface area contributed by atoms with Gasteiger partial charge in [0.05, 0.1) is 24.1 Å². The number of aromatic nitrogens is 4. The first-order chi connectivity index (χ1) is 25.9. The maximum atomic E-state index is 13.5. The lowest BCUT2D eigenvalue weighted by Gasteiger charge is -2.34. The number of hydrogen-bond acceptors (Lipinski definition) is 10. The summed E-state index contributed by atoms with van der Waals surface area (Å²) in [5, 5.41) is 7.29. The predicted molar refractivity (Wildman–Crippen MR) is 202 cm³/mol. The molecule has 0 unspecified atom stereocenters. The van der Waals surface area contributed by atoms with E-state index in [0.29, 0.717) is 28.4 Å². The van der Waals surface area contributed by atoms with Gasteiger partial charge in [0, 0.05) is 49.2 Å². The fourth-order valence-corrected chi connectivity index (χ4v) is 6.90. The van der Waals surface area contributed by atoms with Crippen molar-refractivity contribution in [3.63, 3.8) is 0 Å². The summed E-state index contributed by atoms with van der Waals surface area (Å²) in [6, 6.07) is 14.0. The van der Waals surface area contributed by atoms with Gasteiger partial charge in [-0.3, -0.25) is 9.48 Å². The van der Waals surface area contributed by atoms with Crippen LogP contribution in [0, 0.1) is 11.7 Å². The van der Waals surface area contributed by atoms with E-state index >= 15 is 0 Å². The number of nitrogens with one attached hydrogen (secondary N) is 1. The van der Waals surface area contributed by atoms with Crippen LogP contribution in [0.1, 0.15) is 87.5 Å². The van der Waals surface area contributed by atoms with E-state index in [1.54, 1.807) is 36.5 Å². The lowest BCUT2D eigenvalue weighted by molar-refractivity contribution is -0.125. The molecule has 1 atom stereocenters. The minimum absolute atomic E-state index is 0.138. The SMILES string of the molecule is CC(C)(C)OC(=O)N1CCC(CCCN2CCC(n3cc(-c4cnc(N)c(C(=O)O[C@@H](C(=O)Nc5ccc(F)cc5)c5ccccc5)n4)cn3)CC2)CC1. The molecule has 2 saturated heterocycles. The number of nitrogen functional groups attached to an aromatic ring is 1. The second-order valence-corrected chi connectivity index (χ2v) is 15.0. The van der Waals surface area contributed by atoms with Crippen molar-refractivity contribution in [1.29, 1.82) is 0 Å². The molecule has 13 nitrogen and oxygen atoms in total. The summed E-state index contributed by atoms with van der Waals surface area (Å²) in [7, 11) is 0. The van der Waals surface area contributed by atoms with E-state index in [1.807, 2.05) is 36.5 Å². The molecule has 2 aliphatic heterocycles. The summed E-state index contributed by atoms with van der Waals surface area (Å²) in [5.41, 5.74) is 7.23. The third-order valence-electron chi connectivity index (χ3n) is 9.85. The van der Waals surface area contributed by atoms with E-state index in [0.717, 1.165) is 64.8 Å². The molecule has 2 aromatic heterocycles. The molecule has 4 heterocycles. The number of esters is 1. The molecule has 0 spiro atoms. The Morgan fingerprint density at radius 1 is 0.963 bits per heavy atom. The normalized spacial score (nSPS) is 16.5. The average molecular weight is 741 g/mol. The van der Waals surface area contributed by atoms with Crippen LogP contribution < -0.4 is 11.1 Å². The van der Waals surface area contributed by atoms with Gasteiger partial charge >= 0.3 is 12.1 Å². The van der Waals surface area contributed by atoms with Crippen molar-refractivity contribution >= 4 is 29.5 Å². The lowest BCUT2D eigenvalue weighted by atomic mass is 9.92. The van der Waals surface area contributed by atoms with Gasteiger partial charge in [-0.15, -0.1) is 0 Å². The molecule has 0 radical (unpaired) electrons. The Labute approximate surface area is 315 Å². The molecule has 3 N–H and O–H groups in total. The van der Waals surface area contributed by atoms with Gasteiger partial charge in [0.1, 0.15) is 11.4 Å². The Morgan fingerprint density at radius 3 is 2.35 bits per heavy atom. The number of halogens is 1. The maximum Gasteiger partial charge on any atom is 0.410 e. The highest BCUT2D eigenvalue weighted by atomic mass is 19.1. The van der Waals surface area contributed by atoms with E-state index in [1.165, 1.54) is 36.9 Å². The van der Waals surface area contributed by atoms with Gasteiger partial charge in [-0.2, -0.15) is 5.10 Å². The molecule has 2 amide bonds. The van der Waals surface area contributed by atoms with Crippen molar-refractivity contribution in [3.8, 4) is 11.3 Å². The van der Waals surface area contributed by atoms with Crippen LogP contribution in [0.15, 0.2) is 73.2 Å². The minimum Gasteiger partial charge on any atom is -0.444 e. The van der Waals surface area contributed by atoms with Crippen molar-refractivity contribution in [3.05, 3.63) is 90.3 Å². The number of nitrogens with zero attached hydrogens (tertiary/aromatic N) is 6. The molecule has 6 rings (SSSR count). The predicted octanol–water partition coefficient (Wildman–Crippen LogP) is 6.66. The highest BCUT2D eigenvalue weighted by Crippen LogP contribution is 2.28. The van der Waals surface area contributed by atoms with E-state index in [2.05, 4.69) is 25.3 Å². The third kappa shape index (κ3) is 10.2. The van der Waals surface area contributed by atoms with Crippen LogP contribution in [-0.2, 0) is 14.3 Å². The first kappa shape index (κ1) is 38.4. The highest BCUT2D eigenvalue weighted by Gasteiger charge is 2.30. The summed E-state index contributed by atoms with van der Waals surface area (Å²) in [6.45, 7) is 10.2. The summed E-state index contributed by atoms with van der Waals surface area (Å²) in [4.78, 5) is 52.2. The van der Waals surface area contributed by atoms with Crippen molar-refractivity contribution in [2.75, 3.05) is 43.8 Å². The number of carbonyl (C=O) groups is 3. The molecule has 54 heavy (non-hydrogen) atoms. The summed E-state index contributed by atoms with van der Waals surface area (Å²) in [6.07, 6.45) is 9.80. The van der Waals surface area contributed by atoms with E-state index in [9.17, 15) is 18.8 Å². The Hall–Kier alpha value is -5.37. The maximum absolute atomic E-state index is 13.5. The average Bonchev–Trinajstić information content (AvgIpc) is 3.65. The number of carbonyl (C=O) groups excluding carboxylic acids is 3. The molecule has 2 aliphatic rings. The quantitative estimate of drug-likeness (QED) is 0.159. The number of benzene rings is 2. The van der Waals surface area contributed by atoms with Gasteiger partial charge in [0.2, 0.25) is 6.10 Å². The molecule has 0 saturated carbocycles. The molecular formula is C40H49FN8O5. The van der Waals surface area contributed by atoms with Gasteiger partial charge < -0.3 is 30.3 Å².